The lowest BCUT2D eigenvalue weighted by Crippen LogP contribution is -2.17. The van der Waals surface area contributed by atoms with Gasteiger partial charge in [0.2, 0.25) is 0 Å². The molecule has 0 saturated heterocycles. The fourth-order valence-corrected chi connectivity index (χ4v) is 3.76. The van der Waals surface area contributed by atoms with Gasteiger partial charge in [0.1, 0.15) is 28.7 Å². The smallest absolute Gasteiger partial charge is 0.134 e. The first-order valence-electron chi connectivity index (χ1n) is 11.5. The molecule has 0 aliphatic carbocycles. The Morgan fingerprint density at radius 2 is 1.40 bits per heavy atom. The Balaban J connectivity index is 1.43. The Labute approximate surface area is 206 Å². The van der Waals surface area contributed by atoms with E-state index in [4.69, 9.17) is 14.2 Å². The van der Waals surface area contributed by atoms with Crippen molar-refractivity contribution in [1.82, 2.24) is 5.32 Å². The molecule has 0 radical (unpaired) electrons. The average Bonchev–Trinajstić information content (AvgIpc) is 2.88. The van der Waals surface area contributed by atoms with Gasteiger partial charge in [-0.05, 0) is 54.9 Å². The number of rotatable bonds is 11. The highest BCUT2D eigenvalue weighted by atomic mass is 16.5. The first-order valence-corrected chi connectivity index (χ1v) is 11.5. The normalized spacial score (nSPS) is 10.6. The zero-order chi connectivity index (χ0) is 24.5. The summed E-state index contributed by atoms with van der Waals surface area (Å²) in [6, 6.07) is 28.8. The zero-order valence-corrected chi connectivity index (χ0v) is 20.0. The molecule has 180 valence electrons. The van der Waals surface area contributed by atoms with Crippen molar-refractivity contribution in [1.29, 1.82) is 0 Å². The molecule has 4 rings (SSSR count). The second-order valence-corrected chi connectivity index (χ2v) is 8.02. The van der Waals surface area contributed by atoms with E-state index in [9.17, 15) is 5.11 Å². The molecule has 0 saturated carbocycles. The van der Waals surface area contributed by atoms with E-state index in [0.29, 0.717) is 29.5 Å². The molecule has 0 heterocycles. The van der Waals surface area contributed by atoms with Crippen LogP contribution in [0, 0.1) is 0 Å². The number of nitrogens with one attached hydrogen (secondary N) is 2. The first kappa shape index (κ1) is 24.0. The first-order chi connectivity index (χ1) is 17.1. The quantitative estimate of drug-likeness (QED) is 0.224. The molecule has 0 aliphatic rings. The van der Waals surface area contributed by atoms with Gasteiger partial charge >= 0.3 is 0 Å². The Kier molecular flexibility index (Phi) is 8.09. The molecule has 4 aromatic rings. The van der Waals surface area contributed by atoms with E-state index in [0.717, 1.165) is 35.5 Å². The van der Waals surface area contributed by atoms with Gasteiger partial charge in [-0.3, -0.25) is 0 Å². The maximum atomic E-state index is 9.42. The van der Waals surface area contributed by atoms with Crippen LogP contribution in [0.2, 0.25) is 0 Å². The minimum Gasteiger partial charge on any atom is -0.508 e. The van der Waals surface area contributed by atoms with Gasteiger partial charge in [-0.1, -0.05) is 36.4 Å². The molecule has 0 unspecified atom stereocenters. The fraction of sp³-hybridized carbons (Fsp3) is 0.172. The van der Waals surface area contributed by atoms with E-state index in [1.165, 1.54) is 0 Å². The predicted molar refractivity (Wildman–Crippen MR) is 139 cm³/mol. The van der Waals surface area contributed by atoms with Crippen molar-refractivity contribution in [3.63, 3.8) is 0 Å². The summed E-state index contributed by atoms with van der Waals surface area (Å²) in [7, 11) is 3.28. The van der Waals surface area contributed by atoms with Crippen LogP contribution in [0.25, 0.3) is 0 Å². The van der Waals surface area contributed by atoms with Crippen LogP contribution in [-0.4, -0.2) is 25.9 Å². The lowest BCUT2D eigenvalue weighted by Gasteiger charge is -2.17. The maximum absolute atomic E-state index is 9.42. The van der Waals surface area contributed by atoms with Crippen molar-refractivity contribution in [3.8, 4) is 28.7 Å². The van der Waals surface area contributed by atoms with Gasteiger partial charge in [0.15, 0.2) is 0 Å². The number of phenolic OH excluding ortho intramolecular Hbond substituents is 1. The van der Waals surface area contributed by atoms with E-state index in [1.807, 2.05) is 78.9 Å². The molecule has 6 heteroatoms. The molecule has 35 heavy (non-hydrogen) atoms. The SMILES string of the molecule is COc1cc(Oc2cccc(Nc3ccccc3)c2)cc(OC)c1CNCCc1ccc(O)cc1. The third-order valence-electron chi connectivity index (χ3n) is 5.54. The van der Waals surface area contributed by atoms with Crippen molar-refractivity contribution in [2.45, 2.75) is 13.0 Å². The van der Waals surface area contributed by atoms with E-state index in [-0.39, 0.29) is 5.75 Å². The molecule has 0 atom stereocenters. The van der Waals surface area contributed by atoms with Crippen molar-refractivity contribution in [3.05, 3.63) is 102 Å². The molecule has 0 spiro atoms. The topological polar surface area (TPSA) is 72.0 Å². The zero-order valence-electron chi connectivity index (χ0n) is 20.0. The van der Waals surface area contributed by atoms with E-state index in [1.54, 1.807) is 26.4 Å². The Hall–Kier alpha value is -4.16. The summed E-state index contributed by atoms with van der Waals surface area (Å²) in [5, 5.41) is 16.2. The summed E-state index contributed by atoms with van der Waals surface area (Å²) < 4.78 is 17.5. The number of ether oxygens (including phenoxy) is 3. The molecular formula is C29H30N2O4. The molecular weight excluding hydrogens is 440 g/mol. The number of hydrogen-bond donors (Lipinski definition) is 3. The van der Waals surface area contributed by atoms with Gasteiger partial charge in [-0.25, -0.2) is 0 Å². The van der Waals surface area contributed by atoms with Gasteiger partial charge in [0.05, 0.1) is 19.8 Å². The minimum absolute atomic E-state index is 0.276. The van der Waals surface area contributed by atoms with Crippen molar-refractivity contribution < 1.29 is 19.3 Å². The minimum atomic E-state index is 0.276. The van der Waals surface area contributed by atoms with Gasteiger partial charge in [0, 0.05) is 36.1 Å². The van der Waals surface area contributed by atoms with Crippen LogP contribution in [0.3, 0.4) is 0 Å². The fourth-order valence-electron chi connectivity index (χ4n) is 3.76. The molecule has 0 fully saturated rings. The van der Waals surface area contributed by atoms with Crippen LogP contribution in [0.15, 0.2) is 91.0 Å². The summed E-state index contributed by atoms with van der Waals surface area (Å²) in [4.78, 5) is 0. The van der Waals surface area contributed by atoms with Gasteiger partial charge in [0.25, 0.3) is 0 Å². The summed E-state index contributed by atoms with van der Waals surface area (Å²) in [6.45, 7) is 1.36. The third kappa shape index (κ3) is 6.68. The summed E-state index contributed by atoms with van der Waals surface area (Å²) in [5.74, 6) is 2.99. The van der Waals surface area contributed by atoms with E-state index >= 15 is 0 Å². The molecule has 0 aromatic heterocycles. The lowest BCUT2D eigenvalue weighted by molar-refractivity contribution is 0.375. The highest BCUT2D eigenvalue weighted by molar-refractivity contribution is 5.61. The van der Waals surface area contributed by atoms with Crippen LogP contribution in [0.5, 0.6) is 28.7 Å². The van der Waals surface area contributed by atoms with Crippen LogP contribution < -0.4 is 24.8 Å². The second kappa shape index (κ2) is 11.8. The number of anilines is 2. The second-order valence-electron chi connectivity index (χ2n) is 8.02. The Morgan fingerprint density at radius 3 is 2.09 bits per heavy atom. The molecule has 4 aromatic carbocycles. The number of benzene rings is 4. The number of para-hydroxylation sites is 1. The number of aromatic hydroxyl groups is 1. The van der Waals surface area contributed by atoms with E-state index < -0.39 is 0 Å². The standard InChI is InChI=1S/C29H30N2O4/c1-33-28-18-26(35-25-10-6-9-23(17-25)31-22-7-4-3-5-8-22)19-29(34-2)27(28)20-30-16-15-21-11-13-24(32)14-12-21/h3-14,17-19,30-32H,15-16,20H2,1-2H3. The predicted octanol–water partition coefficient (Wildman–Crippen LogP) is 6.28. The summed E-state index contributed by atoms with van der Waals surface area (Å²) >= 11 is 0. The van der Waals surface area contributed by atoms with Crippen LogP contribution in [-0.2, 0) is 13.0 Å². The van der Waals surface area contributed by atoms with Crippen LogP contribution in [0.1, 0.15) is 11.1 Å². The number of hydrogen-bond acceptors (Lipinski definition) is 6. The highest BCUT2D eigenvalue weighted by Crippen LogP contribution is 2.36. The summed E-state index contributed by atoms with van der Waals surface area (Å²) in [6.07, 6.45) is 0.847. The molecule has 6 nitrogen and oxygen atoms in total. The lowest BCUT2D eigenvalue weighted by atomic mass is 10.1. The average molecular weight is 471 g/mol. The molecule has 3 N–H and O–H groups in total. The van der Waals surface area contributed by atoms with Gasteiger partial charge < -0.3 is 30.0 Å². The number of methoxy groups -OCH3 is 2. The largest absolute Gasteiger partial charge is 0.508 e. The van der Waals surface area contributed by atoms with Crippen molar-refractivity contribution >= 4 is 11.4 Å². The van der Waals surface area contributed by atoms with E-state index in [2.05, 4.69) is 10.6 Å². The number of phenols is 1. The van der Waals surface area contributed by atoms with Gasteiger partial charge in [-0.15, -0.1) is 0 Å². The molecule has 0 aliphatic heterocycles. The van der Waals surface area contributed by atoms with Crippen LogP contribution >= 0.6 is 0 Å². The monoisotopic (exact) mass is 470 g/mol. The maximum Gasteiger partial charge on any atom is 0.134 e. The highest BCUT2D eigenvalue weighted by Gasteiger charge is 2.14. The van der Waals surface area contributed by atoms with Crippen LogP contribution in [0.4, 0.5) is 11.4 Å². The Morgan fingerprint density at radius 1 is 0.714 bits per heavy atom. The third-order valence-corrected chi connectivity index (χ3v) is 5.54. The molecule has 0 bridgehead atoms. The Bertz CT molecular complexity index is 1200. The van der Waals surface area contributed by atoms with Crippen molar-refractivity contribution in [2.75, 3.05) is 26.1 Å². The molecule has 0 amide bonds. The summed E-state index contributed by atoms with van der Waals surface area (Å²) in [5.41, 5.74) is 4.02. The van der Waals surface area contributed by atoms with Gasteiger partial charge in [-0.2, -0.15) is 0 Å². The van der Waals surface area contributed by atoms with Crippen molar-refractivity contribution in [2.24, 2.45) is 0 Å².